The highest BCUT2D eigenvalue weighted by Crippen LogP contribution is 2.34. The van der Waals surface area contributed by atoms with E-state index in [1.807, 2.05) is 13.0 Å². The van der Waals surface area contributed by atoms with E-state index >= 15 is 0 Å². The van der Waals surface area contributed by atoms with Crippen molar-refractivity contribution in [2.75, 3.05) is 11.9 Å². The van der Waals surface area contributed by atoms with Crippen molar-refractivity contribution in [3.8, 4) is 10.6 Å². The molecule has 0 unspecified atom stereocenters. The molecule has 2 aromatic rings. The summed E-state index contributed by atoms with van der Waals surface area (Å²) >= 11 is 7.45. The fourth-order valence-corrected chi connectivity index (χ4v) is 2.52. The van der Waals surface area contributed by atoms with Crippen molar-refractivity contribution in [1.82, 2.24) is 4.98 Å². The molecule has 2 rings (SSSR count). The van der Waals surface area contributed by atoms with E-state index in [1.165, 1.54) is 11.3 Å². The second kappa shape index (κ2) is 4.67. The maximum atomic E-state index is 9.30. The molecule has 84 valence electrons. The average Bonchev–Trinajstić information content (AvgIpc) is 2.61. The van der Waals surface area contributed by atoms with E-state index in [0.717, 1.165) is 26.8 Å². The van der Waals surface area contributed by atoms with Gasteiger partial charge in [0.05, 0.1) is 5.56 Å². The predicted octanol–water partition coefficient (Wildman–Crippen LogP) is 2.42. The summed E-state index contributed by atoms with van der Waals surface area (Å²) in [7, 11) is 0. The molecule has 0 saturated carbocycles. The molecule has 0 spiro atoms. The predicted molar refractivity (Wildman–Crippen MR) is 64.1 cm³/mol. The lowest BCUT2D eigenvalue weighted by atomic mass is 10.3. The molecule has 2 heterocycles. The summed E-state index contributed by atoms with van der Waals surface area (Å²) in [6.45, 7) is 2.80. The van der Waals surface area contributed by atoms with Crippen molar-refractivity contribution in [3.05, 3.63) is 29.7 Å². The van der Waals surface area contributed by atoms with Gasteiger partial charge in [0, 0.05) is 17.3 Å². The van der Waals surface area contributed by atoms with Crippen LogP contribution < -0.4 is 10.0 Å². The second-order valence-corrected chi connectivity index (χ2v) is 4.50. The number of anilines is 1. The van der Waals surface area contributed by atoms with E-state index in [-0.39, 0.29) is 0 Å². The van der Waals surface area contributed by atoms with Crippen molar-refractivity contribution in [1.29, 1.82) is 0 Å². The number of halogens is 1. The second-order valence-electron chi connectivity index (χ2n) is 3.14. The van der Waals surface area contributed by atoms with Crippen molar-refractivity contribution in [3.63, 3.8) is 0 Å². The van der Waals surface area contributed by atoms with E-state index in [0.29, 0.717) is 5.15 Å². The van der Waals surface area contributed by atoms with Crippen LogP contribution in [0.1, 0.15) is 6.92 Å². The molecule has 0 aliphatic heterocycles. The van der Waals surface area contributed by atoms with Gasteiger partial charge in [0.15, 0.2) is 5.15 Å². The normalized spacial score (nSPS) is 10.4. The summed E-state index contributed by atoms with van der Waals surface area (Å²) < 4.78 is 0.998. The summed E-state index contributed by atoms with van der Waals surface area (Å²) in [5.74, 6) is 0. The van der Waals surface area contributed by atoms with Gasteiger partial charge in [0.25, 0.3) is 0 Å². The van der Waals surface area contributed by atoms with Gasteiger partial charge in [-0.1, -0.05) is 22.9 Å². The Labute approximate surface area is 102 Å². The van der Waals surface area contributed by atoms with E-state index in [1.54, 1.807) is 18.5 Å². The van der Waals surface area contributed by atoms with E-state index in [4.69, 9.17) is 11.6 Å². The average molecular weight is 257 g/mol. The van der Waals surface area contributed by atoms with Gasteiger partial charge in [-0.2, -0.15) is 0 Å². The SMILES string of the molecule is CCNc1sc(-c2ccc[n+](O)c2)nc1Cl. The minimum Gasteiger partial charge on any atom is -0.375 e. The summed E-state index contributed by atoms with van der Waals surface area (Å²) in [4.78, 5) is 4.24. The number of hydrogen-bond acceptors (Lipinski definition) is 4. The zero-order valence-electron chi connectivity index (χ0n) is 8.64. The van der Waals surface area contributed by atoms with Gasteiger partial charge < -0.3 is 5.32 Å². The molecule has 0 saturated heterocycles. The molecule has 4 nitrogen and oxygen atoms in total. The molecule has 0 atom stereocenters. The van der Waals surface area contributed by atoms with E-state index in [2.05, 4.69) is 10.3 Å². The Morgan fingerprint density at radius 3 is 3.12 bits per heavy atom. The first-order valence-electron chi connectivity index (χ1n) is 4.82. The summed E-state index contributed by atoms with van der Waals surface area (Å²) in [5.41, 5.74) is 0.834. The largest absolute Gasteiger partial charge is 0.375 e. The zero-order chi connectivity index (χ0) is 11.5. The lowest BCUT2D eigenvalue weighted by molar-refractivity contribution is -0.904. The number of nitrogens with one attached hydrogen (secondary N) is 1. The first kappa shape index (κ1) is 11.2. The van der Waals surface area contributed by atoms with Gasteiger partial charge in [-0.3, -0.25) is 5.21 Å². The number of thiazole rings is 1. The molecule has 6 heteroatoms. The summed E-state index contributed by atoms with van der Waals surface area (Å²) in [5, 5.41) is 14.5. The first-order valence-corrected chi connectivity index (χ1v) is 6.01. The Bertz CT molecular complexity index is 501. The highest BCUT2D eigenvalue weighted by Gasteiger charge is 2.12. The summed E-state index contributed by atoms with van der Waals surface area (Å²) in [6, 6.07) is 3.62. The maximum Gasteiger partial charge on any atom is 0.232 e. The van der Waals surface area contributed by atoms with Crippen LogP contribution in [0.4, 0.5) is 5.00 Å². The van der Waals surface area contributed by atoms with Gasteiger partial charge in [-0.15, -0.1) is 0 Å². The monoisotopic (exact) mass is 256 g/mol. The highest BCUT2D eigenvalue weighted by molar-refractivity contribution is 7.19. The van der Waals surface area contributed by atoms with Gasteiger partial charge in [-0.05, 0) is 13.0 Å². The molecule has 2 aromatic heterocycles. The lowest BCUT2D eigenvalue weighted by Crippen LogP contribution is -2.28. The first-order chi connectivity index (χ1) is 7.70. The smallest absolute Gasteiger partial charge is 0.232 e. The van der Waals surface area contributed by atoms with Gasteiger partial charge in [0.2, 0.25) is 12.4 Å². The Hall–Kier alpha value is -1.33. The van der Waals surface area contributed by atoms with Gasteiger partial charge in [0.1, 0.15) is 10.0 Å². The third-order valence-electron chi connectivity index (χ3n) is 1.96. The summed E-state index contributed by atoms with van der Waals surface area (Å²) in [6.07, 6.45) is 3.13. The molecule has 16 heavy (non-hydrogen) atoms. The van der Waals surface area contributed by atoms with Gasteiger partial charge >= 0.3 is 0 Å². The molecule has 0 fully saturated rings. The molecule has 0 amide bonds. The van der Waals surface area contributed by atoms with Crippen molar-refractivity contribution < 1.29 is 9.94 Å². The number of hydrogen-bond donors (Lipinski definition) is 2. The Balaban J connectivity index is 2.37. The molecule has 0 aliphatic carbocycles. The van der Waals surface area contributed by atoms with Crippen LogP contribution in [0.2, 0.25) is 5.15 Å². The van der Waals surface area contributed by atoms with Crippen LogP contribution in [0.15, 0.2) is 24.5 Å². The minimum atomic E-state index is 0.468. The molecule has 0 aliphatic rings. The zero-order valence-corrected chi connectivity index (χ0v) is 10.2. The lowest BCUT2D eigenvalue weighted by Gasteiger charge is -1.95. The molecule has 0 bridgehead atoms. The van der Waals surface area contributed by atoms with Crippen molar-refractivity contribution in [2.45, 2.75) is 6.92 Å². The van der Waals surface area contributed by atoms with Crippen LogP contribution in [-0.4, -0.2) is 16.7 Å². The highest BCUT2D eigenvalue weighted by atomic mass is 35.5. The van der Waals surface area contributed by atoms with Gasteiger partial charge in [-0.25, -0.2) is 4.98 Å². The van der Waals surface area contributed by atoms with E-state index < -0.39 is 0 Å². The molecule has 0 radical (unpaired) electrons. The fourth-order valence-electron chi connectivity index (χ4n) is 1.28. The molecule has 2 N–H and O–H groups in total. The van der Waals surface area contributed by atoms with Crippen molar-refractivity contribution >= 4 is 27.9 Å². The van der Waals surface area contributed by atoms with Crippen LogP contribution in [0.25, 0.3) is 10.6 Å². The topological polar surface area (TPSA) is 49.0 Å². The van der Waals surface area contributed by atoms with Crippen LogP contribution in [0.3, 0.4) is 0 Å². The molecular formula is C10H11ClN3OS+. The molecule has 0 aromatic carbocycles. The third kappa shape index (κ3) is 2.25. The third-order valence-corrected chi connectivity index (χ3v) is 3.40. The minimum absolute atomic E-state index is 0.468. The number of aromatic nitrogens is 2. The van der Waals surface area contributed by atoms with Crippen LogP contribution in [0, 0.1) is 0 Å². The number of rotatable bonds is 3. The van der Waals surface area contributed by atoms with Crippen LogP contribution in [-0.2, 0) is 0 Å². The fraction of sp³-hybridized carbons (Fsp3) is 0.200. The van der Waals surface area contributed by atoms with Crippen LogP contribution >= 0.6 is 22.9 Å². The molecular weight excluding hydrogens is 246 g/mol. The quantitative estimate of drug-likeness (QED) is 0.655. The van der Waals surface area contributed by atoms with Crippen LogP contribution in [0.5, 0.6) is 0 Å². The Kier molecular flexibility index (Phi) is 3.26. The standard InChI is InChI=1S/C10H11ClN3OS/c1-2-12-10-8(11)13-9(16-10)7-4-3-5-14(15)6-7/h3-6,12,15H,2H2,1H3/q+1. The van der Waals surface area contributed by atoms with Crippen molar-refractivity contribution in [2.24, 2.45) is 0 Å². The Morgan fingerprint density at radius 1 is 1.62 bits per heavy atom. The van der Waals surface area contributed by atoms with E-state index in [9.17, 15) is 5.21 Å². The number of nitrogens with zero attached hydrogens (tertiary/aromatic N) is 2. The number of pyridine rings is 1. The Morgan fingerprint density at radius 2 is 2.44 bits per heavy atom. The maximum absolute atomic E-state index is 9.30.